The minimum Gasteiger partial charge on any atom is -0.361 e. The molecule has 4 heterocycles. The molecule has 160 valence electrons. The van der Waals surface area contributed by atoms with Crippen LogP contribution in [-0.4, -0.2) is 41.3 Å². The molecule has 6 rings (SSSR count). The molecule has 6 nitrogen and oxygen atoms in total. The minimum atomic E-state index is -0.383. The minimum absolute atomic E-state index is 0.0286. The lowest BCUT2D eigenvalue weighted by Gasteiger charge is -2.15. The Kier molecular flexibility index (Phi) is 4.28. The maximum Gasteiger partial charge on any atom is 0.256 e. The summed E-state index contributed by atoms with van der Waals surface area (Å²) in [5.74, 6) is 0.951. The molecule has 0 bridgehead atoms. The standard InChI is InChI=1S/C24H25FN4O2/c25-21-8-22-19(6-15(21)4-14-1-2-26-23(14)30)20(24(31)28-22)7-18-3-13(9-27-18)10-29-11-16-5-17(16)12-29/h3,6-9,14,16-17,27H,1-2,4-5,10-12H2,(H,26,30)(H,28,31)/b20-7-. The van der Waals surface area contributed by atoms with Gasteiger partial charge in [0.1, 0.15) is 5.82 Å². The number of H-pyrrole nitrogens is 1. The van der Waals surface area contributed by atoms with E-state index in [4.69, 9.17) is 0 Å². The molecule has 1 aliphatic carbocycles. The second-order valence-electron chi connectivity index (χ2n) is 9.40. The van der Waals surface area contributed by atoms with Crippen molar-refractivity contribution in [1.29, 1.82) is 0 Å². The predicted octanol–water partition coefficient (Wildman–Crippen LogP) is 2.78. The lowest BCUT2D eigenvalue weighted by atomic mass is 9.94. The second-order valence-corrected chi connectivity index (χ2v) is 9.40. The average Bonchev–Trinajstić information content (AvgIpc) is 3.13. The van der Waals surface area contributed by atoms with Crippen LogP contribution in [0.15, 0.2) is 24.4 Å². The monoisotopic (exact) mass is 420 g/mol. The van der Waals surface area contributed by atoms with Gasteiger partial charge in [0.2, 0.25) is 5.91 Å². The molecular weight excluding hydrogens is 395 g/mol. The number of halogens is 1. The fourth-order valence-electron chi connectivity index (χ4n) is 5.33. The van der Waals surface area contributed by atoms with Gasteiger partial charge in [0.25, 0.3) is 5.91 Å². The molecule has 3 fully saturated rings. The van der Waals surface area contributed by atoms with Crippen molar-refractivity contribution in [2.24, 2.45) is 17.8 Å². The van der Waals surface area contributed by atoms with Crippen molar-refractivity contribution in [2.75, 3.05) is 25.0 Å². The van der Waals surface area contributed by atoms with Crippen molar-refractivity contribution in [3.05, 3.63) is 52.6 Å². The molecule has 1 aromatic carbocycles. The van der Waals surface area contributed by atoms with Crippen LogP contribution in [0, 0.1) is 23.6 Å². The van der Waals surface area contributed by atoms with Gasteiger partial charge >= 0.3 is 0 Å². The van der Waals surface area contributed by atoms with Gasteiger partial charge in [-0.3, -0.25) is 14.5 Å². The lowest BCUT2D eigenvalue weighted by Crippen LogP contribution is -2.21. The van der Waals surface area contributed by atoms with E-state index in [0.29, 0.717) is 41.8 Å². The number of likely N-dealkylation sites (tertiary alicyclic amines) is 1. The number of benzene rings is 1. The van der Waals surface area contributed by atoms with E-state index in [1.165, 1.54) is 31.1 Å². The fraction of sp³-hybridized carbons (Fsp3) is 0.417. The summed E-state index contributed by atoms with van der Waals surface area (Å²) in [6.45, 7) is 3.94. The molecule has 3 N–H and O–H groups in total. The Hall–Kier alpha value is -2.93. The van der Waals surface area contributed by atoms with E-state index in [-0.39, 0.29) is 23.5 Å². The zero-order valence-corrected chi connectivity index (χ0v) is 17.2. The van der Waals surface area contributed by atoms with Gasteiger partial charge in [0.05, 0.1) is 11.3 Å². The lowest BCUT2D eigenvalue weighted by molar-refractivity contribution is -0.122. The molecule has 3 atom stereocenters. The number of carbonyl (C=O) groups is 2. The number of rotatable bonds is 5. The molecule has 0 radical (unpaired) electrons. The van der Waals surface area contributed by atoms with Crippen LogP contribution in [0.4, 0.5) is 10.1 Å². The quantitative estimate of drug-likeness (QED) is 0.651. The molecule has 1 saturated carbocycles. The fourth-order valence-corrected chi connectivity index (χ4v) is 5.33. The van der Waals surface area contributed by atoms with Crippen LogP contribution in [-0.2, 0) is 22.6 Å². The summed E-state index contributed by atoms with van der Waals surface area (Å²) in [7, 11) is 0. The van der Waals surface area contributed by atoms with Gasteiger partial charge in [-0.2, -0.15) is 0 Å². The number of piperidine rings is 1. The van der Waals surface area contributed by atoms with E-state index in [0.717, 1.165) is 24.1 Å². The molecule has 1 aromatic heterocycles. The van der Waals surface area contributed by atoms with E-state index in [1.54, 1.807) is 6.07 Å². The van der Waals surface area contributed by atoms with E-state index < -0.39 is 0 Å². The molecule has 7 heteroatoms. The number of amides is 2. The summed E-state index contributed by atoms with van der Waals surface area (Å²) in [4.78, 5) is 30.3. The molecule has 3 aliphatic heterocycles. The van der Waals surface area contributed by atoms with E-state index in [9.17, 15) is 14.0 Å². The van der Waals surface area contributed by atoms with Crippen LogP contribution < -0.4 is 10.6 Å². The first kappa shape index (κ1) is 18.8. The highest BCUT2D eigenvalue weighted by molar-refractivity contribution is 6.34. The third-order valence-electron chi connectivity index (χ3n) is 7.12. The van der Waals surface area contributed by atoms with Crippen LogP contribution in [0.5, 0.6) is 0 Å². The van der Waals surface area contributed by atoms with E-state index >= 15 is 0 Å². The summed E-state index contributed by atoms with van der Waals surface area (Å²) in [5.41, 5.74) is 4.23. The van der Waals surface area contributed by atoms with Gasteiger partial charge in [-0.05, 0) is 66.5 Å². The van der Waals surface area contributed by atoms with Crippen molar-refractivity contribution < 1.29 is 14.0 Å². The molecule has 4 aliphatic rings. The van der Waals surface area contributed by atoms with Crippen molar-refractivity contribution in [3.63, 3.8) is 0 Å². The maximum absolute atomic E-state index is 14.6. The van der Waals surface area contributed by atoms with Crippen LogP contribution >= 0.6 is 0 Å². The number of aromatic nitrogens is 1. The highest BCUT2D eigenvalue weighted by atomic mass is 19.1. The van der Waals surface area contributed by atoms with Crippen molar-refractivity contribution in [3.8, 4) is 0 Å². The molecule has 0 spiro atoms. The van der Waals surface area contributed by atoms with Crippen molar-refractivity contribution >= 4 is 29.2 Å². The topological polar surface area (TPSA) is 77.2 Å². The van der Waals surface area contributed by atoms with Crippen LogP contribution in [0.25, 0.3) is 11.6 Å². The Balaban J connectivity index is 1.24. The smallest absolute Gasteiger partial charge is 0.256 e. The van der Waals surface area contributed by atoms with Crippen molar-refractivity contribution in [1.82, 2.24) is 15.2 Å². The number of fused-ring (bicyclic) bond motifs is 2. The van der Waals surface area contributed by atoms with E-state index in [2.05, 4.69) is 26.6 Å². The average molecular weight is 420 g/mol. The maximum atomic E-state index is 14.6. The zero-order valence-electron chi connectivity index (χ0n) is 17.2. The van der Waals surface area contributed by atoms with E-state index in [1.807, 2.05) is 12.3 Å². The first-order valence-electron chi connectivity index (χ1n) is 11.1. The highest BCUT2D eigenvalue weighted by Gasteiger charge is 2.44. The van der Waals surface area contributed by atoms with Gasteiger partial charge in [0.15, 0.2) is 0 Å². The van der Waals surface area contributed by atoms with Crippen molar-refractivity contribution in [2.45, 2.75) is 25.8 Å². The largest absolute Gasteiger partial charge is 0.361 e. The van der Waals surface area contributed by atoms with Crippen LogP contribution in [0.1, 0.15) is 35.2 Å². The number of anilines is 1. The first-order valence-corrected chi connectivity index (χ1v) is 11.1. The number of hydrogen-bond acceptors (Lipinski definition) is 3. The number of hydrogen-bond donors (Lipinski definition) is 3. The summed E-state index contributed by atoms with van der Waals surface area (Å²) in [6, 6.07) is 5.17. The van der Waals surface area contributed by atoms with Gasteiger partial charge in [0, 0.05) is 49.6 Å². The number of nitrogens with zero attached hydrogens (tertiary/aromatic N) is 1. The molecule has 2 aromatic rings. The highest BCUT2D eigenvalue weighted by Crippen LogP contribution is 2.45. The number of aromatic amines is 1. The number of nitrogens with one attached hydrogen (secondary N) is 3. The Morgan fingerprint density at radius 3 is 2.77 bits per heavy atom. The third kappa shape index (κ3) is 3.47. The summed E-state index contributed by atoms with van der Waals surface area (Å²) >= 11 is 0. The molecule has 31 heavy (non-hydrogen) atoms. The summed E-state index contributed by atoms with van der Waals surface area (Å²) in [5, 5.41) is 5.56. The Morgan fingerprint density at radius 2 is 2.00 bits per heavy atom. The Bertz CT molecular complexity index is 1110. The molecular formula is C24H25FN4O2. The number of carbonyl (C=O) groups excluding carboxylic acids is 2. The summed E-state index contributed by atoms with van der Waals surface area (Å²) in [6.07, 6.45) is 6.27. The van der Waals surface area contributed by atoms with Crippen LogP contribution in [0.3, 0.4) is 0 Å². The molecule has 2 saturated heterocycles. The van der Waals surface area contributed by atoms with Gasteiger partial charge in [-0.25, -0.2) is 4.39 Å². The molecule has 3 unspecified atom stereocenters. The predicted molar refractivity (Wildman–Crippen MR) is 115 cm³/mol. The van der Waals surface area contributed by atoms with Crippen LogP contribution in [0.2, 0.25) is 0 Å². The first-order chi connectivity index (χ1) is 15.0. The zero-order chi connectivity index (χ0) is 21.1. The normalized spacial score (nSPS) is 28.0. The Labute approximate surface area is 179 Å². The third-order valence-corrected chi connectivity index (χ3v) is 7.12. The summed E-state index contributed by atoms with van der Waals surface area (Å²) < 4.78 is 14.6. The SMILES string of the molecule is O=C1Nc2cc(F)c(CC3CCNC3=O)cc2/C1=C/c1cc(CN2CC3CC3C2)c[nH]1. The van der Waals surface area contributed by atoms with Gasteiger partial charge < -0.3 is 15.6 Å². The molecule has 2 amide bonds. The van der Waals surface area contributed by atoms with Gasteiger partial charge in [-0.15, -0.1) is 0 Å². The Morgan fingerprint density at radius 1 is 1.16 bits per heavy atom. The van der Waals surface area contributed by atoms with Gasteiger partial charge in [-0.1, -0.05) is 0 Å². The second kappa shape index (κ2) is 7.05.